The molecule has 0 aliphatic rings. The lowest BCUT2D eigenvalue weighted by Gasteiger charge is -2.05. The second kappa shape index (κ2) is 3.08. The van der Waals surface area contributed by atoms with Gasteiger partial charge in [0.05, 0.1) is 11.1 Å². The number of benzene rings is 1. The Labute approximate surface area is 71.6 Å². The van der Waals surface area contributed by atoms with Crippen LogP contribution in [0.4, 0.5) is 13.2 Å². The lowest BCUT2D eigenvalue weighted by molar-refractivity contribution is -0.137. The molecule has 0 aliphatic heterocycles. The van der Waals surface area contributed by atoms with Crippen LogP contribution in [0, 0.1) is 6.07 Å². The van der Waals surface area contributed by atoms with Gasteiger partial charge in [0.15, 0.2) is 0 Å². The normalized spacial score (nSPS) is 11.3. The van der Waals surface area contributed by atoms with Gasteiger partial charge in [0, 0.05) is 6.07 Å². The lowest BCUT2D eigenvalue weighted by Crippen LogP contribution is -2.07. The van der Waals surface area contributed by atoms with Crippen molar-refractivity contribution >= 4 is 5.97 Å². The van der Waals surface area contributed by atoms with Gasteiger partial charge >= 0.3 is 12.1 Å². The minimum absolute atomic E-state index is 0.491. The quantitative estimate of drug-likeness (QED) is 0.735. The van der Waals surface area contributed by atoms with E-state index in [0.29, 0.717) is 0 Å². The van der Waals surface area contributed by atoms with Crippen LogP contribution in [-0.2, 0) is 6.18 Å². The predicted octanol–water partition coefficient (Wildman–Crippen LogP) is 2.20. The molecule has 0 amide bonds. The summed E-state index contributed by atoms with van der Waals surface area (Å²) in [5, 5.41) is 8.38. The van der Waals surface area contributed by atoms with Crippen LogP contribution in [0.1, 0.15) is 15.9 Å². The van der Waals surface area contributed by atoms with Crippen molar-refractivity contribution in [3.05, 3.63) is 35.4 Å². The molecule has 0 spiro atoms. The van der Waals surface area contributed by atoms with Gasteiger partial charge in [0.2, 0.25) is 0 Å². The lowest BCUT2D eigenvalue weighted by atomic mass is 10.1. The fraction of sp³-hybridized carbons (Fsp3) is 0.125. The highest BCUT2D eigenvalue weighted by Gasteiger charge is 2.31. The largest absolute Gasteiger partial charge is 0.478 e. The summed E-state index contributed by atoms with van der Waals surface area (Å²) < 4.78 is 36.0. The maximum absolute atomic E-state index is 12.0. The fourth-order valence-corrected chi connectivity index (χ4v) is 0.759. The molecule has 1 rings (SSSR count). The molecule has 0 unspecified atom stereocenters. The summed E-state index contributed by atoms with van der Waals surface area (Å²) in [5.74, 6) is -1.42. The van der Waals surface area contributed by atoms with Crippen LogP contribution >= 0.6 is 0 Å². The Morgan fingerprint density at radius 2 is 2.00 bits per heavy atom. The van der Waals surface area contributed by atoms with Crippen molar-refractivity contribution in [2.24, 2.45) is 0 Å². The standard InChI is InChI=1S/C8H4F3O2/c9-8(10,11)6-3-1-2-5(4-6)7(12)13/h1-3H,(H,12,13). The molecule has 5 heteroatoms. The van der Waals surface area contributed by atoms with Gasteiger partial charge in [-0.25, -0.2) is 4.79 Å². The zero-order valence-electron chi connectivity index (χ0n) is 6.22. The molecule has 1 aromatic carbocycles. The van der Waals surface area contributed by atoms with Crippen LogP contribution in [0.15, 0.2) is 18.2 Å². The topological polar surface area (TPSA) is 37.3 Å². The third-order valence-electron chi connectivity index (χ3n) is 1.33. The highest BCUT2D eigenvalue weighted by Crippen LogP contribution is 2.28. The first-order valence-corrected chi connectivity index (χ1v) is 3.24. The minimum atomic E-state index is -4.55. The van der Waals surface area contributed by atoms with E-state index in [0.717, 1.165) is 18.2 Å². The van der Waals surface area contributed by atoms with Crippen LogP contribution in [0.3, 0.4) is 0 Å². The molecule has 0 aliphatic carbocycles. The third-order valence-corrected chi connectivity index (χ3v) is 1.33. The van der Waals surface area contributed by atoms with E-state index in [2.05, 4.69) is 0 Å². The van der Waals surface area contributed by atoms with E-state index < -0.39 is 23.3 Å². The summed E-state index contributed by atoms with van der Waals surface area (Å²) >= 11 is 0. The van der Waals surface area contributed by atoms with Crippen molar-refractivity contribution in [3.63, 3.8) is 0 Å². The Morgan fingerprint density at radius 3 is 2.46 bits per heavy atom. The first kappa shape index (κ1) is 9.57. The number of halogens is 3. The number of rotatable bonds is 1. The van der Waals surface area contributed by atoms with Crippen LogP contribution < -0.4 is 0 Å². The van der Waals surface area contributed by atoms with Gasteiger partial charge in [-0.15, -0.1) is 0 Å². The molecule has 0 fully saturated rings. The molecule has 0 aromatic heterocycles. The number of hydrogen-bond donors (Lipinski definition) is 1. The van der Waals surface area contributed by atoms with Crippen molar-refractivity contribution in [3.8, 4) is 0 Å². The summed E-state index contributed by atoms with van der Waals surface area (Å²) in [6.07, 6.45) is -4.55. The third kappa shape index (κ3) is 2.21. The second-order valence-corrected chi connectivity index (χ2v) is 2.28. The Kier molecular flexibility index (Phi) is 2.27. The Hall–Kier alpha value is -1.52. The highest BCUT2D eigenvalue weighted by molar-refractivity contribution is 5.87. The molecule has 13 heavy (non-hydrogen) atoms. The van der Waals surface area contributed by atoms with E-state index in [1.807, 2.05) is 0 Å². The Bertz CT molecular complexity index is 330. The average Bonchev–Trinajstić information content (AvgIpc) is 2.03. The van der Waals surface area contributed by atoms with E-state index in [1.165, 1.54) is 0 Å². The first-order chi connectivity index (χ1) is 5.91. The van der Waals surface area contributed by atoms with E-state index in [9.17, 15) is 18.0 Å². The minimum Gasteiger partial charge on any atom is -0.478 e. The molecule has 0 bridgehead atoms. The van der Waals surface area contributed by atoms with Crippen molar-refractivity contribution in [1.82, 2.24) is 0 Å². The van der Waals surface area contributed by atoms with E-state index in [4.69, 9.17) is 5.11 Å². The predicted molar refractivity (Wildman–Crippen MR) is 37.2 cm³/mol. The number of alkyl halides is 3. The van der Waals surface area contributed by atoms with E-state index in [1.54, 1.807) is 6.07 Å². The summed E-state index contributed by atoms with van der Waals surface area (Å²) in [7, 11) is 0. The molecule has 1 aromatic rings. The molecule has 1 N–H and O–H groups in total. The molecule has 1 radical (unpaired) electrons. The summed E-state index contributed by atoms with van der Waals surface area (Å²) in [4.78, 5) is 10.3. The van der Waals surface area contributed by atoms with Gasteiger partial charge in [-0.05, 0) is 12.1 Å². The molecule has 0 saturated heterocycles. The fourth-order valence-electron chi connectivity index (χ4n) is 0.759. The molecule has 0 saturated carbocycles. The van der Waals surface area contributed by atoms with Crippen molar-refractivity contribution in [2.45, 2.75) is 6.18 Å². The van der Waals surface area contributed by atoms with Crippen molar-refractivity contribution in [1.29, 1.82) is 0 Å². The monoisotopic (exact) mass is 189 g/mol. The zero-order chi connectivity index (χ0) is 10.1. The Balaban J connectivity index is 3.13. The van der Waals surface area contributed by atoms with Gasteiger partial charge in [0.1, 0.15) is 0 Å². The second-order valence-electron chi connectivity index (χ2n) is 2.28. The summed E-state index contributed by atoms with van der Waals surface area (Å²) in [6, 6.07) is 4.61. The average molecular weight is 189 g/mol. The van der Waals surface area contributed by atoms with E-state index >= 15 is 0 Å². The SMILES string of the molecule is O=C(O)c1[c]c(C(F)(F)F)ccc1. The molecule has 0 atom stereocenters. The van der Waals surface area contributed by atoms with Gasteiger partial charge in [0.25, 0.3) is 0 Å². The zero-order valence-corrected chi connectivity index (χ0v) is 6.22. The van der Waals surface area contributed by atoms with E-state index in [-0.39, 0.29) is 0 Å². The molecule has 69 valence electrons. The van der Waals surface area contributed by atoms with Crippen LogP contribution in [0.2, 0.25) is 0 Å². The number of carboxylic acid groups (broad SMARTS) is 1. The maximum Gasteiger partial charge on any atom is 0.417 e. The number of hydrogen-bond acceptors (Lipinski definition) is 1. The highest BCUT2D eigenvalue weighted by atomic mass is 19.4. The molecule has 0 heterocycles. The van der Waals surface area contributed by atoms with Gasteiger partial charge < -0.3 is 5.11 Å². The smallest absolute Gasteiger partial charge is 0.417 e. The van der Waals surface area contributed by atoms with Gasteiger partial charge in [-0.1, -0.05) is 6.07 Å². The number of carbonyl (C=O) groups is 1. The van der Waals surface area contributed by atoms with Crippen LogP contribution in [0.25, 0.3) is 0 Å². The summed E-state index contributed by atoms with van der Waals surface area (Å²) in [6.45, 7) is 0. The maximum atomic E-state index is 12.0. The van der Waals surface area contributed by atoms with Gasteiger partial charge in [-0.3, -0.25) is 0 Å². The van der Waals surface area contributed by atoms with Gasteiger partial charge in [-0.2, -0.15) is 13.2 Å². The van der Waals surface area contributed by atoms with Crippen molar-refractivity contribution < 1.29 is 23.1 Å². The van der Waals surface area contributed by atoms with Crippen molar-refractivity contribution in [2.75, 3.05) is 0 Å². The first-order valence-electron chi connectivity index (χ1n) is 3.24. The number of carboxylic acids is 1. The van der Waals surface area contributed by atoms with Crippen LogP contribution in [0.5, 0.6) is 0 Å². The molecular formula is C8H4F3O2. The summed E-state index contributed by atoms with van der Waals surface area (Å²) in [5.41, 5.74) is -1.57. The molecular weight excluding hydrogens is 185 g/mol. The number of aromatic carboxylic acids is 1. The Morgan fingerprint density at radius 1 is 1.38 bits per heavy atom. The molecule has 2 nitrogen and oxygen atoms in total. The van der Waals surface area contributed by atoms with Crippen LogP contribution in [-0.4, -0.2) is 11.1 Å².